The Morgan fingerprint density at radius 3 is 2.96 bits per heavy atom. The highest BCUT2D eigenvalue weighted by Gasteiger charge is 2.20. The molecule has 0 fully saturated rings. The van der Waals surface area contributed by atoms with Gasteiger partial charge in [0.2, 0.25) is 0 Å². The first-order chi connectivity index (χ1) is 12.7. The van der Waals surface area contributed by atoms with Gasteiger partial charge in [-0.2, -0.15) is 4.98 Å². The summed E-state index contributed by atoms with van der Waals surface area (Å²) in [6, 6.07) is 10.8. The van der Waals surface area contributed by atoms with Crippen molar-refractivity contribution in [1.29, 1.82) is 0 Å². The van der Waals surface area contributed by atoms with E-state index in [-0.39, 0.29) is 24.3 Å². The van der Waals surface area contributed by atoms with Crippen molar-refractivity contribution in [2.45, 2.75) is 25.4 Å². The molecule has 5 rings (SSSR count). The van der Waals surface area contributed by atoms with Crippen LogP contribution in [0.4, 0.5) is 16.1 Å². The van der Waals surface area contributed by atoms with E-state index < -0.39 is 0 Å². The first-order valence-electron chi connectivity index (χ1n) is 8.58. The predicted octanol–water partition coefficient (Wildman–Crippen LogP) is 4.53. The highest BCUT2D eigenvalue weighted by Crippen LogP contribution is 2.32. The Bertz CT molecular complexity index is 1140. The summed E-state index contributed by atoms with van der Waals surface area (Å²) in [6.45, 7) is 0. The van der Waals surface area contributed by atoms with E-state index in [1.54, 1.807) is 12.3 Å². The van der Waals surface area contributed by atoms with E-state index in [0.29, 0.717) is 29.1 Å². The number of aliphatic hydroxyl groups is 1. The van der Waals surface area contributed by atoms with Crippen LogP contribution in [0.25, 0.3) is 22.0 Å². The number of pyridine rings is 1. The average Bonchev–Trinajstić information content (AvgIpc) is 3.05. The molecule has 1 aliphatic rings. The highest BCUT2D eigenvalue weighted by atomic mass is 35.5. The van der Waals surface area contributed by atoms with Gasteiger partial charge in [0.25, 0.3) is 6.01 Å². The van der Waals surface area contributed by atoms with Crippen LogP contribution in [0.15, 0.2) is 47.0 Å². The summed E-state index contributed by atoms with van der Waals surface area (Å²) in [4.78, 5) is 8.70. The van der Waals surface area contributed by atoms with Gasteiger partial charge in [-0.3, -0.25) is 4.98 Å². The second kappa shape index (κ2) is 6.79. The molecule has 2 heterocycles. The van der Waals surface area contributed by atoms with Crippen molar-refractivity contribution >= 4 is 46.1 Å². The van der Waals surface area contributed by atoms with Crippen LogP contribution < -0.4 is 5.32 Å². The molecule has 7 heteroatoms. The quantitative estimate of drug-likeness (QED) is 0.530. The Morgan fingerprint density at radius 2 is 2.07 bits per heavy atom. The van der Waals surface area contributed by atoms with Crippen LogP contribution in [0.5, 0.6) is 0 Å². The van der Waals surface area contributed by atoms with Crippen molar-refractivity contribution in [1.82, 2.24) is 9.97 Å². The number of hydrogen-bond donors (Lipinski definition) is 2. The van der Waals surface area contributed by atoms with E-state index >= 15 is 0 Å². The second-order valence-corrected chi connectivity index (χ2v) is 6.62. The summed E-state index contributed by atoms with van der Waals surface area (Å²) in [5.41, 5.74) is 4.92. The van der Waals surface area contributed by atoms with Crippen LogP contribution >= 0.6 is 12.4 Å². The minimum Gasteiger partial charge on any atom is -0.423 e. The zero-order valence-electron chi connectivity index (χ0n) is 14.3. The van der Waals surface area contributed by atoms with Crippen LogP contribution in [-0.2, 0) is 12.8 Å². The van der Waals surface area contributed by atoms with Crippen molar-refractivity contribution in [3.05, 3.63) is 59.5 Å². The summed E-state index contributed by atoms with van der Waals surface area (Å²) in [6.07, 6.45) is 3.52. The van der Waals surface area contributed by atoms with Crippen LogP contribution in [0.1, 0.15) is 17.5 Å². The lowest BCUT2D eigenvalue weighted by atomic mass is 9.88. The molecular formula is C20H17ClFN3O2. The normalized spacial score (nSPS) is 16.1. The molecule has 27 heavy (non-hydrogen) atoms. The topological polar surface area (TPSA) is 71.2 Å². The fourth-order valence-corrected chi connectivity index (χ4v) is 3.60. The number of rotatable bonds is 2. The maximum absolute atomic E-state index is 13.4. The molecule has 0 amide bonds. The molecule has 5 nitrogen and oxygen atoms in total. The van der Waals surface area contributed by atoms with Crippen molar-refractivity contribution < 1.29 is 13.9 Å². The van der Waals surface area contributed by atoms with Crippen LogP contribution in [0.2, 0.25) is 0 Å². The van der Waals surface area contributed by atoms with E-state index in [1.807, 2.05) is 12.1 Å². The lowest BCUT2D eigenvalue weighted by molar-refractivity contribution is 0.159. The molecule has 0 radical (unpaired) electrons. The third kappa shape index (κ3) is 3.11. The summed E-state index contributed by atoms with van der Waals surface area (Å²) in [5, 5.41) is 13.9. The summed E-state index contributed by atoms with van der Waals surface area (Å²) >= 11 is 0. The van der Waals surface area contributed by atoms with E-state index in [2.05, 4.69) is 21.4 Å². The van der Waals surface area contributed by atoms with E-state index in [1.165, 1.54) is 17.7 Å². The van der Waals surface area contributed by atoms with Crippen molar-refractivity contribution in [3.63, 3.8) is 0 Å². The number of halogens is 2. The number of aromatic nitrogens is 2. The Morgan fingerprint density at radius 1 is 1.19 bits per heavy atom. The van der Waals surface area contributed by atoms with Crippen molar-refractivity contribution in [2.24, 2.45) is 0 Å². The minimum absolute atomic E-state index is 0. The maximum Gasteiger partial charge on any atom is 0.300 e. The number of aryl methyl sites for hydroxylation is 1. The number of aliphatic hydroxyl groups excluding tert-OH is 1. The van der Waals surface area contributed by atoms with Gasteiger partial charge in [-0.05, 0) is 42.2 Å². The summed E-state index contributed by atoms with van der Waals surface area (Å²) in [5.74, 6) is -0.336. The number of hydrogen-bond acceptors (Lipinski definition) is 5. The predicted molar refractivity (Wildman–Crippen MR) is 104 cm³/mol. The lowest BCUT2D eigenvalue weighted by Crippen LogP contribution is -2.19. The SMILES string of the molecule is Cl.O[C@H]1CCc2cccc(Nc3nc4cnc5cc(F)ccc5c4o3)c2C1. The van der Waals surface area contributed by atoms with Crippen LogP contribution in [0.3, 0.4) is 0 Å². The maximum atomic E-state index is 13.4. The van der Waals surface area contributed by atoms with Gasteiger partial charge in [-0.15, -0.1) is 12.4 Å². The number of fused-ring (bicyclic) bond motifs is 4. The summed E-state index contributed by atoms with van der Waals surface area (Å²) < 4.78 is 19.3. The molecule has 2 aromatic carbocycles. The standard InChI is InChI=1S/C20H16FN3O2.ClH/c21-12-5-7-14-17(8-12)22-10-18-19(14)26-20(24-18)23-16-3-1-2-11-4-6-13(25)9-15(11)16;/h1-3,5,7-8,10,13,25H,4,6,9H2,(H,23,24);1H/t13-;/m0./s1. The van der Waals surface area contributed by atoms with Crippen LogP contribution in [0, 0.1) is 5.82 Å². The summed E-state index contributed by atoms with van der Waals surface area (Å²) in [7, 11) is 0. The number of anilines is 2. The van der Waals surface area contributed by atoms with E-state index in [4.69, 9.17) is 4.42 Å². The average molecular weight is 386 g/mol. The van der Waals surface area contributed by atoms with Crippen molar-refractivity contribution in [2.75, 3.05) is 5.32 Å². The van der Waals surface area contributed by atoms with Gasteiger partial charge in [0, 0.05) is 23.6 Å². The Balaban J connectivity index is 0.00000180. The Kier molecular flexibility index (Phi) is 4.45. The minimum atomic E-state index is -0.336. The first-order valence-corrected chi connectivity index (χ1v) is 8.58. The van der Waals surface area contributed by atoms with E-state index in [9.17, 15) is 9.50 Å². The molecule has 0 unspecified atom stereocenters. The Hall–Kier alpha value is -2.70. The fourth-order valence-electron chi connectivity index (χ4n) is 3.60. The monoisotopic (exact) mass is 385 g/mol. The molecule has 1 atom stereocenters. The largest absolute Gasteiger partial charge is 0.423 e. The van der Waals surface area contributed by atoms with Gasteiger partial charge in [0.15, 0.2) is 5.58 Å². The fraction of sp³-hybridized carbons (Fsp3) is 0.200. The number of oxazole rings is 1. The van der Waals surface area contributed by atoms with Gasteiger partial charge >= 0.3 is 0 Å². The van der Waals surface area contributed by atoms with Gasteiger partial charge in [0.05, 0.1) is 17.8 Å². The third-order valence-corrected chi connectivity index (χ3v) is 4.88. The number of nitrogens with one attached hydrogen (secondary N) is 1. The first kappa shape index (κ1) is 17.7. The third-order valence-electron chi connectivity index (χ3n) is 4.88. The van der Waals surface area contributed by atoms with Gasteiger partial charge in [0.1, 0.15) is 11.3 Å². The molecule has 0 spiro atoms. The zero-order chi connectivity index (χ0) is 17.7. The van der Waals surface area contributed by atoms with Crippen LogP contribution in [-0.4, -0.2) is 21.2 Å². The molecule has 0 bridgehead atoms. The molecule has 2 N–H and O–H groups in total. The smallest absolute Gasteiger partial charge is 0.300 e. The molecule has 2 aromatic heterocycles. The molecule has 4 aromatic rings. The van der Waals surface area contributed by atoms with E-state index in [0.717, 1.165) is 29.5 Å². The highest BCUT2D eigenvalue weighted by molar-refractivity contribution is 6.00. The number of benzene rings is 2. The number of nitrogens with zero attached hydrogens (tertiary/aromatic N) is 2. The molecule has 0 aliphatic heterocycles. The zero-order valence-corrected chi connectivity index (χ0v) is 15.1. The van der Waals surface area contributed by atoms with Gasteiger partial charge in [-0.25, -0.2) is 4.39 Å². The molecule has 138 valence electrons. The van der Waals surface area contributed by atoms with Gasteiger partial charge in [-0.1, -0.05) is 12.1 Å². The molecule has 0 saturated carbocycles. The lowest BCUT2D eigenvalue weighted by Gasteiger charge is -2.23. The van der Waals surface area contributed by atoms with Crippen molar-refractivity contribution in [3.8, 4) is 0 Å². The second-order valence-electron chi connectivity index (χ2n) is 6.62. The van der Waals surface area contributed by atoms with Gasteiger partial charge < -0.3 is 14.8 Å². The Labute approximate surface area is 160 Å². The molecule has 0 saturated heterocycles. The molecular weight excluding hydrogens is 369 g/mol. The molecule has 1 aliphatic carbocycles.